The minimum absolute atomic E-state index is 0. The smallest absolute Gasteiger partial charge is 0.216 e. The first-order valence-electron chi connectivity index (χ1n) is 62.1. The van der Waals surface area contributed by atoms with E-state index in [0.717, 1.165) is 119 Å². The molecule has 0 amide bonds. The molecule has 149 heavy (non-hydrogen) atoms. The van der Waals surface area contributed by atoms with Crippen molar-refractivity contribution in [3.05, 3.63) is 455 Å². The van der Waals surface area contributed by atoms with Crippen LogP contribution in [0.4, 0.5) is 0 Å². The van der Waals surface area contributed by atoms with Crippen LogP contribution in [0.15, 0.2) is 334 Å². The second-order valence-electron chi connectivity index (χ2n) is 33.5. The molecule has 24 aromatic rings. The summed E-state index contributed by atoms with van der Waals surface area (Å²) in [6, 6.07) is 103. The molecule has 1 unspecified atom stereocenters. The van der Waals surface area contributed by atoms with Crippen LogP contribution < -0.4 is 0 Å². The molecule has 754 valence electrons. The Morgan fingerprint density at radius 1 is 0.275 bits per heavy atom. The van der Waals surface area contributed by atoms with Gasteiger partial charge >= 0.3 is 0 Å². The SMILES string of the molecule is Cc1ccnc(-c2[c-]ccc3c2oc2nc(C)ccc23)c1.[2H]C([2H])([2H])C([2H])(C)c1ccnc(-c2[c-]ccc3c2oc2nc(C)ccc23)c1.[2H]C([2H])([2H])c1ccc(-c2[c-]ccc3c2oc2nc(C)ccc23)nc1.[2H]C([2H])([2H])c1cnc(-c2[c-]cccc2)cc1C([2H])([2H])[2H].[2H]C([2H])([2H])c1cnc(-c2[c-]cccc2)cc1C([2H])([2H])[2H].[2H]C([2H])([2H])c1cnc(-c2[c-]cccc2)cc1C([2H])([2H])[2H].[2H]C([2H])([2H])c1cnc(-c2[c-]cccc2)cc1C([2H])([2H])[2H].[2H]C([2H])(c1ccnc(-c2[c-]ccc3c2oc2nc(C)ccc23)c1)C(C)C.[Ir].[Ir].[Ir].[Ir]. The van der Waals surface area contributed by atoms with Crippen LogP contribution in [0.5, 0.6) is 0 Å². The maximum Gasteiger partial charge on any atom is 0.216 e. The fourth-order valence-electron chi connectivity index (χ4n) is 15.2. The van der Waals surface area contributed by atoms with E-state index in [0.29, 0.717) is 124 Å². The first kappa shape index (κ1) is 74.3. The summed E-state index contributed by atoms with van der Waals surface area (Å²) in [6.07, 6.45) is 9.37. The van der Waals surface area contributed by atoms with Gasteiger partial charge in [0.1, 0.15) is 0 Å². The van der Waals surface area contributed by atoms with Crippen LogP contribution in [-0.4, -0.2) is 59.8 Å². The zero-order chi connectivity index (χ0) is 129. The molecule has 16 aromatic heterocycles. The first-order valence-corrected chi connectivity index (χ1v) is 45.6. The summed E-state index contributed by atoms with van der Waals surface area (Å²) in [5, 5.41) is 7.65. The summed E-state index contributed by atoms with van der Waals surface area (Å²) >= 11 is 0. The van der Waals surface area contributed by atoms with Gasteiger partial charge in [0, 0.05) is 220 Å². The molecule has 16 nitrogen and oxygen atoms in total. The molecule has 0 saturated carbocycles. The third kappa shape index (κ3) is 27.5. The number of benzene rings is 8. The second-order valence-corrected chi connectivity index (χ2v) is 33.5. The average Bonchev–Trinajstić information content (AvgIpc) is 1.49. The molecule has 16 heterocycles. The zero-order valence-corrected chi connectivity index (χ0v) is 90.5. The van der Waals surface area contributed by atoms with E-state index in [-0.39, 0.29) is 136 Å². The maximum absolute atomic E-state index is 8.35. The van der Waals surface area contributed by atoms with Crippen LogP contribution in [-0.2, 0) is 86.8 Å². The van der Waals surface area contributed by atoms with Crippen molar-refractivity contribution < 1.29 is 143 Å². The fourth-order valence-corrected chi connectivity index (χ4v) is 15.2. The Morgan fingerprint density at radius 3 is 0.899 bits per heavy atom. The molecule has 0 spiro atoms. The van der Waals surface area contributed by atoms with Gasteiger partial charge in [-0.1, -0.05) is 165 Å². The van der Waals surface area contributed by atoms with Gasteiger partial charge in [-0.15, -0.1) is 216 Å². The van der Waals surface area contributed by atoms with Crippen molar-refractivity contribution >= 4 is 88.3 Å². The molecule has 8 aromatic carbocycles. The molecule has 24 rings (SSSR count). The van der Waals surface area contributed by atoms with Gasteiger partial charge in [0.25, 0.3) is 0 Å². The maximum atomic E-state index is 8.35. The van der Waals surface area contributed by atoms with Crippen LogP contribution in [0.2, 0.25) is 0 Å². The van der Waals surface area contributed by atoms with Crippen molar-refractivity contribution in [3.63, 3.8) is 0 Å². The van der Waals surface area contributed by atoms with Crippen molar-refractivity contribution in [1.29, 1.82) is 0 Å². The Balaban J connectivity index is 0.000000169. The van der Waals surface area contributed by atoms with E-state index < -0.39 is 80.8 Å². The number of hydrogen-bond donors (Lipinski definition) is 0. The van der Waals surface area contributed by atoms with Crippen LogP contribution in [0, 0.1) is 151 Å². The predicted octanol–water partition coefficient (Wildman–Crippen LogP) is 32.2. The zero-order valence-electron chi connectivity index (χ0n) is 114. The molecule has 0 saturated heterocycles. The minimum atomic E-state index is -2.50. The average molecular weight is 2690 g/mol. The monoisotopic (exact) mass is 2700 g/mol. The molecule has 0 aliphatic heterocycles. The van der Waals surface area contributed by atoms with Gasteiger partial charge in [-0.3, -0.25) is 0 Å². The Kier molecular flexibility index (Phi) is 25.8. The van der Waals surface area contributed by atoms with Gasteiger partial charge in [0.15, 0.2) is 0 Å². The Morgan fingerprint density at radius 2 is 0.597 bits per heavy atom. The standard InChI is InChI=1S/C21H19N2O.C20H17N2O.2C18H13N2O.4C13H12N.4Ir/c1-13(2)11-15-9-10-22-19(12-15)18-6-4-5-16-17-8-7-14(3)23-21(17)24-20(16)18;1-12(2)14-9-10-21-18(11-14)17-6-4-5-15-16-8-7-13(3)22-20(16)23-19(15)17;1-11-6-9-16(19-10-11)15-5-3-4-13-14-8-7-12(2)20-18(14)21-17(13)15;1-11-8-9-19-16(10-11)15-5-3-4-13-14-7-6-12(2)20-18(14)21-17(13)15;4*1-10-8-13(14-9-11(10)2)12-6-4-3-5-7-12;;;;/h4-5,7-10,12-13H,11H2,1-3H3;4-5,7-12H,1-3H3;2*3-4,6-10H,1-2H3;4*3-6,8-9H,1-2H3;;;;/q8*-1;;;;/i11D2;1D3,12D;1D3;;4*1D3,2D3;;;;. The van der Waals surface area contributed by atoms with E-state index in [2.05, 4.69) is 121 Å². The Hall–Kier alpha value is -14.6. The number of pyridine rings is 12. The molecule has 0 fully saturated rings. The summed E-state index contributed by atoms with van der Waals surface area (Å²) in [6.45, 7) is -9.77. The predicted molar refractivity (Wildman–Crippen MR) is 587 cm³/mol. The number of fused-ring (bicyclic) bond motifs is 12. The van der Waals surface area contributed by atoms with E-state index in [1.807, 2.05) is 145 Å². The van der Waals surface area contributed by atoms with Crippen LogP contribution >= 0.6 is 0 Å². The molecular formula is C129H110Ir4N12O4-8. The summed E-state index contributed by atoms with van der Waals surface area (Å²) in [7, 11) is 0. The third-order valence-electron chi connectivity index (χ3n) is 22.4. The van der Waals surface area contributed by atoms with Gasteiger partial charge in [0.05, 0.1) is 22.3 Å². The third-order valence-corrected chi connectivity index (χ3v) is 22.4. The molecular weight excluding hydrogens is 2550 g/mol. The van der Waals surface area contributed by atoms with Gasteiger partial charge in [-0.05, 0) is 255 Å². The van der Waals surface area contributed by atoms with Gasteiger partial charge in [-0.25, -0.2) is 19.9 Å². The van der Waals surface area contributed by atoms with Crippen LogP contribution in [0.25, 0.3) is 178 Å². The van der Waals surface area contributed by atoms with Crippen LogP contribution in [0.3, 0.4) is 0 Å². The normalized spacial score (nSPS) is 15.3. The molecule has 0 bridgehead atoms. The summed E-state index contributed by atoms with van der Waals surface area (Å²) in [5.74, 6) is -1.89. The van der Waals surface area contributed by atoms with Crippen molar-refractivity contribution in [2.45, 2.75) is 136 Å². The number of rotatable bonds is 11. The van der Waals surface area contributed by atoms with Crippen LogP contribution in [0.1, 0.15) is 168 Å². The van der Waals surface area contributed by atoms with Gasteiger partial charge < -0.3 is 57.5 Å². The Labute approximate surface area is 972 Å². The topological polar surface area (TPSA) is 207 Å². The number of aryl methyl sites for hydroxylation is 14. The summed E-state index contributed by atoms with van der Waals surface area (Å²) in [4.78, 5) is 51.5. The van der Waals surface area contributed by atoms with E-state index in [4.69, 9.17) is 62.9 Å². The van der Waals surface area contributed by atoms with Crippen molar-refractivity contribution in [2.24, 2.45) is 5.92 Å². The largest absolute Gasteiger partial charge is 0.486 e. The van der Waals surface area contributed by atoms with Crippen molar-refractivity contribution in [2.75, 3.05) is 0 Å². The van der Waals surface area contributed by atoms with E-state index in [1.165, 1.54) is 43.6 Å². The summed E-state index contributed by atoms with van der Waals surface area (Å²) < 4.78 is 273. The molecule has 1 atom stereocenters. The van der Waals surface area contributed by atoms with Crippen molar-refractivity contribution in [1.82, 2.24) is 59.8 Å². The number of aromatic nitrogens is 12. The molecule has 4 radical (unpaired) electrons. The van der Waals surface area contributed by atoms with Gasteiger partial charge in [0.2, 0.25) is 22.9 Å². The van der Waals surface area contributed by atoms with E-state index in [9.17, 15) is 0 Å². The molecule has 0 N–H and O–H groups in total. The first-order chi connectivity index (χ1) is 83.5. The minimum Gasteiger partial charge on any atom is -0.486 e. The molecule has 0 aliphatic carbocycles. The molecule has 20 heteroatoms. The van der Waals surface area contributed by atoms with Crippen molar-refractivity contribution in [3.8, 4) is 90.1 Å². The van der Waals surface area contributed by atoms with Gasteiger partial charge in [-0.2, -0.15) is 0 Å². The number of nitrogens with zero attached hydrogens (tertiary/aromatic N) is 12. The molecule has 0 aliphatic rings. The van der Waals surface area contributed by atoms with E-state index in [1.54, 1.807) is 146 Å². The second kappa shape index (κ2) is 51.8. The number of furan rings is 4. The van der Waals surface area contributed by atoms with E-state index >= 15 is 0 Å². The number of hydrogen-bond acceptors (Lipinski definition) is 16. The summed E-state index contributed by atoms with van der Waals surface area (Å²) in [5.41, 5.74) is 18.9. The fraction of sp³-hybridized carbons (Fsp3) is 0.163. The quantitative estimate of drug-likeness (QED) is 0.110. The Bertz CT molecular complexity index is 9680.